The fourth-order valence-corrected chi connectivity index (χ4v) is 1.32. The second-order valence-corrected chi connectivity index (χ2v) is 3.79. The molecular weight excluding hydrogens is 204 g/mol. The zero-order valence-electron chi connectivity index (χ0n) is 10.1. The van der Waals surface area contributed by atoms with E-state index in [0.29, 0.717) is 12.5 Å². The summed E-state index contributed by atoms with van der Waals surface area (Å²) in [7, 11) is 3.30. The minimum atomic E-state index is 0.427. The topological polar surface area (TPSA) is 56.5 Å². The average Bonchev–Trinajstić information content (AvgIpc) is 2.35. The molecule has 0 radical (unpaired) electrons. The van der Waals surface area contributed by atoms with E-state index >= 15 is 0 Å². The number of rotatable bonds is 6. The second-order valence-electron chi connectivity index (χ2n) is 3.79. The summed E-state index contributed by atoms with van der Waals surface area (Å²) in [5.41, 5.74) is 6.50. The first-order valence-corrected chi connectivity index (χ1v) is 5.37. The van der Waals surface area contributed by atoms with E-state index in [2.05, 4.69) is 12.2 Å². The number of hydrogen-bond donors (Lipinski definition) is 2. The summed E-state index contributed by atoms with van der Waals surface area (Å²) in [6, 6.07) is 5.67. The molecule has 0 aliphatic rings. The summed E-state index contributed by atoms with van der Waals surface area (Å²) in [5, 5.41) is 3.30. The van der Waals surface area contributed by atoms with Crippen LogP contribution in [0.25, 0.3) is 0 Å². The van der Waals surface area contributed by atoms with Crippen LogP contribution in [0.2, 0.25) is 0 Å². The second kappa shape index (κ2) is 6.23. The van der Waals surface area contributed by atoms with Gasteiger partial charge in [0.2, 0.25) is 0 Å². The SMILES string of the molecule is COc1ccc(OC)c(NCC(C)CN)c1. The largest absolute Gasteiger partial charge is 0.497 e. The molecule has 0 spiro atoms. The Morgan fingerprint density at radius 2 is 2.06 bits per heavy atom. The lowest BCUT2D eigenvalue weighted by Crippen LogP contribution is -2.19. The normalized spacial score (nSPS) is 12.0. The molecule has 16 heavy (non-hydrogen) atoms. The maximum atomic E-state index is 5.57. The van der Waals surface area contributed by atoms with Gasteiger partial charge in [0.25, 0.3) is 0 Å². The van der Waals surface area contributed by atoms with E-state index in [0.717, 1.165) is 23.7 Å². The van der Waals surface area contributed by atoms with Gasteiger partial charge in [-0.1, -0.05) is 6.92 Å². The zero-order chi connectivity index (χ0) is 12.0. The van der Waals surface area contributed by atoms with Crippen LogP contribution in [-0.4, -0.2) is 27.3 Å². The van der Waals surface area contributed by atoms with Crippen molar-refractivity contribution in [1.82, 2.24) is 0 Å². The summed E-state index contributed by atoms with van der Waals surface area (Å²) in [5.74, 6) is 2.05. The monoisotopic (exact) mass is 224 g/mol. The molecule has 0 heterocycles. The highest BCUT2D eigenvalue weighted by Gasteiger charge is 2.06. The van der Waals surface area contributed by atoms with E-state index in [1.807, 2.05) is 18.2 Å². The number of anilines is 1. The average molecular weight is 224 g/mol. The Kier molecular flexibility index (Phi) is 4.92. The van der Waals surface area contributed by atoms with E-state index in [-0.39, 0.29) is 0 Å². The molecule has 1 aromatic carbocycles. The Morgan fingerprint density at radius 1 is 1.31 bits per heavy atom. The molecule has 0 amide bonds. The summed E-state index contributed by atoms with van der Waals surface area (Å²) < 4.78 is 10.4. The molecule has 1 unspecified atom stereocenters. The molecule has 0 aliphatic heterocycles. The van der Waals surface area contributed by atoms with Crippen molar-refractivity contribution in [2.75, 3.05) is 32.6 Å². The molecule has 0 aliphatic carbocycles. The van der Waals surface area contributed by atoms with Crippen LogP contribution in [0.5, 0.6) is 11.5 Å². The Balaban J connectivity index is 2.75. The van der Waals surface area contributed by atoms with Gasteiger partial charge < -0.3 is 20.5 Å². The zero-order valence-corrected chi connectivity index (χ0v) is 10.1. The quantitative estimate of drug-likeness (QED) is 0.772. The lowest BCUT2D eigenvalue weighted by molar-refractivity contribution is 0.404. The first-order chi connectivity index (χ1) is 7.71. The fraction of sp³-hybridized carbons (Fsp3) is 0.500. The predicted molar refractivity (Wildman–Crippen MR) is 66.3 cm³/mol. The highest BCUT2D eigenvalue weighted by molar-refractivity contribution is 5.59. The first-order valence-electron chi connectivity index (χ1n) is 5.37. The molecular formula is C12H20N2O2. The minimum Gasteiger partial charge on any atom is -0.497 e. The van der Waals surface area contributed by atoms with E-state index in [4.69, 9.17) is 15.2 Å². The van der Waals surface area contributed by atoms with Crippen LogP contribution in [0.15, 0.2) is 18.2 Å². The summed E-state index contributed by atoms with van der Waals surface area (Å²) in [6.07, 6.45) is 0. The minimum absolute atomic E-state index is 0.427. The van der Waals surface area contributed by atoms with Crippen molar-refractivity contribution in [3.05, 3.63) is 18.2 Å². The third kappa shape index (κ3) is 3.31. The van der Waals surface area contributed by atoms with Crippen molar-refractivity contribution in [3.8, 4) is 11.5 Å². The van der Waals surface area contributed by atoms with Gasteiger partial charge in [-0.15, -0.1) is 0 Å². The number of benzene rings is 1. The molecule has 0 aromatic heterocycles. The Morgan fingerprint density at radius 3 is 2.62 bits per heavy atom. The predicted octanol–water partition coefficient (Wildman–Crippen LogP) is 1.71. The van der Waals surface area contributed by atoms with Gasteiger partial charge in [0.05, 0.1) is 19.9 Å². The molecule has 0 bridgehead atoms. The fourth-order valence-electron chi connectivity index (χ4n) is 1.32. The maximum Gasteiger partial charge on any atom is 0.142 e. The van der Waals surface area contributed by atoms with Gasteiger partial charge >= 0.3 is 0 Å². The van der Waals surface area contributed by atoms with Crippen molar-refractivity contribution in [2.45, 2.75) is 6.92 Å². The van der Waals surface area contributed by atoms with Crippen LogP contribution in [0.4, 0.5) is 5.69 Å². The third-order valence-electron chi connectivity index (χ3n) is 2.45. The molecule has 1 aromatic rings. The molecule has 4 nitrogen and oxygen atoms in total. The van der Waals surface area contributed by atoms with E-state index in [9.17, 15) is 0 Å². The van der Waals surface area contributed by atoms with Crippen molar-refractivity contribution >= 4 is 5.69 Å². The van der Waals surface area contributed by atoms with Crippen molar-refractivity contribution < 1.29 is 9.47 Å². The van der Waals surface area contributed by atoms with Gasteiger partial charge in [0.1, 0.15) is 11.5 Å². The molecule has 1 atom stereocenters. The summed E-state index contributed by atoms with van der Waals surface area (Å²) >= 11 is 0. The van der Waals surface area contributed by atoms with E-state index in [1.165, 1.54) is 0 Å². The Hall–Kier alpha value is -1.42. The molecule has 90 valence electrons. The van der Waals surface area contributed by atoms with Crippen LogP contribution in [0, 0.1) is 5.92 Å². The Labute approximate surface area is 96.7 Å². The number of hydrogen-bond acceptors (Lipinski definition) is 4. The van der Waals surface area contributed by atoms with Gasteiger partial charge in [0, 0.05) is 12.6 Å². The first kappa shape index (κ1) is 12.6. The lowest BCUT2D eigenvalue weighted by Gasteiger charge is -2.15. The number of ether oxygens (including phenoxy) is 2. The molecule has 4 heteroatoms. The lowest BCUT2D eigenvalue weighted by atomic mass is 10.2. The molecule has 0 fully saturated rings. The number of methoxy groups -OCH3 is 2. The molecule has 1 rings (SSSR count). The summed E-state index contributed by atoms with van der Waals surface area (Å²) in [4.78, 5) is 0. The third-order valence-corrected chi connectivity index (χ3v) is 2.45. The van der Waals surface area contributed by atoms with Gasteiger partial charge in [-0.3, -0.25) is 0 Å². The smallest absolute Gasteiger partial charge is 0.142 e. The van der Waals surface area contributed by atoms with Crippen LogP contribution < -0.4 is 20.5 Å². The van der Waals surface area contributed by atoms with Crippen LogP contribution in [-0.2, 0) is 0 Å². The van der Waals surface area contributed by atoms with Gasteiger partial charge in [0.15, 0.2) is 0 Å². The van der Waals surface area contributed by atoms with Crippen LogP contribution in [0.3, 0.4) is 0 Å². The molecule has 0 saturated heterocycles. The highest BCUT2D eigenvalue weighted by atomic mass is 16.5. The van der Waals surface area contributed by atoms with Crippen molar-refractivity contribution in [3.63, 3.8) is 0 Å². The van der Waals surface area contributed by atoms with E-state index < -0.39 is 0 Å². The maximum absolute atomic E-state index is 5.57. The summed E-state index contributed by atoms with van der Waals surface area (Å²) in [6.45, 7) is 3.58. The van der Waals surface area contributed by atoms with Gasteiger partial charge in [-0.05, 0) is 24.6 Å². The van der Waals surface area contributed by atoms with Gasteiger partial charge in [-0.2, -0.15) is 0 Å². The highest BCUT2D eigenvalue weighted by Crippen LogP contribution is 2.28. The standard InChI is InChI=1S/C12H20N2O2/c1-9(7-13)8-14-11-6-10(15-2)4-5-12(11)16-3/h4-6,9,14H,7-8,13H2,1-3H3. The van der Waals surface area contributed by atoms with Crippen LogP contribution >= 0.6 is 0 Å². The van der Waals surface area contributed by atoms with Crippen molar-refractivity contribution in [2.24, 2.45) is 11.7 Å². The van der Waals surface area contributed by atoms with E-state index in [1.54, 1.807) is 14.2 Å². The number of nitrogens with two attached hydrogens (primary N) is 1. The Bertz CT molecular complexity index is 329. The molecule has 0 saturated carbocycles. The van der Waals surface area contributed by atoms with Crippen molar-refractivity contribution in [1.29, 1.82) is 0 Å². The number of nitrogens with one attached hydrogen (secondary N) is 1. The van der Waals surface area contributed by atoms with Crippen LogP contribution in [0.1, 0.15) is 6.92 Å². The molecule has 3 N–H and O–H groups in total. The van der Waals surface area contributed by atoms with Gasteiger partial charge in [-0.25, -0.2) is 0 Å².